The third kappa shape index (κ3) is 7.80. The fourth-order valence-electron chi connectivity index (χ4n) is 6.72. The summed E-state index contributed by atoms with van der Waals surface area (Å²) in [6, 6.07) is 73.2. The molecule has 252 valence electrons. The minimum absolute atomic E-state index is 1.17. The van der Waals surface area contributed by atoms with Crippen LogP contribution in [-0.4, -0.2) is 4.57 Å². The minimum Gasteiger partial charge on any atom is -0.309 e. The lowest BCUT2D eigenvalue weighted by molar-refractivity contribution is 1.18. The first-order valence-electron chi connectivity index (χ1n) is 17.9. The van der Waals surface area contributed by atoms with Gasteiger partial charge in [-0.2, -0.15) is 0 Å². The molecule has 0 aliphatic rings. The summed E-state index contributed by atoms with van der Waals surface area (Å²) in [5, 5.41) is 2.54. The summed E-state index contributed by atoms with van der Waals surface area (Å²) in [5.41, 5.74) is 14.9. The highest BCUT2D eigenvalue weighted by molar-refractivity contribution is 6.10. The van der Waals surface area contributed by atoms with E-state index in [2.05, 4.69) is 195 Å². The van der Waals surface area contributed by atoms with Crippen molar-refractivity contribution >= 4 is 21.8 Å². The van der Waals surface area contributed by atoms with Crippen molar-refractivity contribution in [1.29, 1.82) is 0 Å². The topological polar surface area (TPSA) is 4.93 Å². The van der Waals surface area contributed by atoms with Gasteiger partial charge in [0.25, 0.3) is 0 Å². The Morgan fingerprint density at radius 3 is 1.40 bits per heavy atom. The van der Waals surface area contributed by atoms with E-state index in [0.29, 0.717) is 0 Å². The second-order valence-corrected chi connectivity index (χ2v) is 13.2. The van der Waals surface area contributed by atoms with Crippen molar-refractivity contribution in [3.05, 3.63) is 223 Å². The van der Waals surface area contributed by atoms with Crippen LogP contribution in [0.4, 0.5) is 0 Å². The smallest absolute Gasteiger partial charge is 0.0547 e. The number of nitrogens with zero attached hydrogens (tertiary/aromatic N) is 1. The van der Waals surface area contributed by atoms with Gasteiger partial charge >= 0.3 is 0 Å². The van der Waals surface area contributed by atoms with Gasteiger partial charge in [0.15, 0.2) is 0 Å². The SMILES string of the molecule is Cc1cccc(-c2ccc(-c3ccccc3)cc2-c2ccc3c4ccccc4n(-c4ccccc4)c3c2)c1.Cc1ccccc1.Cc1ccccc1. The van der Waals surface area contributed by atoms with Gasteiger partial charge in [-0.1, -0.05) is 193 Å². The molecule has 0 unspecified atom stereocenters. The summed E-state index contributed by atoms with van der Waals surface area (Å²) in [4.78, 5) is 0. The van der Waals surface area contributed by atoms with Gasteiger partial charge in [-0.15, -0.1) is 0 Å². The lowest BCUT2D eigenvalue weighted by atomic mass is 9.90. The van der Waals surface area contributed by atoms with E-state index in [1.165, 1.54) is 77.6 Å². The first-order chi connectivity index (χ1) is 25.5. The first-order valence-corrected chi connectivity index (χ1v) is 17.9. The summed E-state index contributed by atoms with van der Waals surface area (Å²) in [7, 11) is 0. The van der Waals surface area contributed by atoms with Crippen molar-refractivity contribution in [3.63, 3.8) is 0 Å². The molecule has 1 heterocycles. The maximum Gasteiger partial charge on any atom is 0.0547 e. The zero-order chi connectivity index (χ0) is 35.7. The van der Waals surface area contributed by atoms with Crippen LogP contribution in [0.25, 0.3) is 60.9 Å². The Hall–Kier alpha value is -6.44. The van der Waals surface area contributed by atoms with Crippen LogP contribution < -0.4 is 0 Å². The van der Waals surface area contributed by atoms with E-state index < -0.39 is 0 Å². The Kier molecular flexibility index (Phi) is 10.5. The molecule has 1 nitrogen and oxygen atoms in total. The molecule has 0 bridgehead atoms. The van der Waals surface area contributed by atoms with Crippen molar-refractivity contribution in [2.45, 2.75) is 20.8 Å². The monoisotopic (exact) mass is 669 g/mol. The normalized spacial score (nSPS) is 10.6. The molecule has 0 saturated heterocycles. The number of benzene rings is 8. The zero-order valence-electron chi connectivity index (χ0n) is 30.1. The van der Waals surface area contributed by atoms with E-state index >= 15 is 0 Å². The molecule has 0 radical (unpaired) electrons. The Morgan fingerprint density at radius 2 is 0.788 bits per heavy atom. The predicted octanol–water partition coefficient (Wildman–Crippen LogP) is 14.1. The third-order valence-corrected chi connectivity index (χ3v) is 9.34. The molecule has 9 rings (SSSR count). The van der Waals surface area contributed by atoms with E-state index in [4.69, 9.17) is 0 Å². The maximum atomic E-state index is 2.39. The van der Waals surface area contributed by atoms with Crippen molar-refractivity contribution in [1.82, 2.24) is 4.57 Å². The van der Waals surface area contributed by atoms with E-state index in [1.807, 2.05) is 36.4 Å². The fraction of sp³-hybridized carbons (Fsp3) is 0.0588. The number of aryl methyl sites for hydroxylation is 3. The molecule has 9 aromatic rings. The first kappa shape index (κ1) is 34.0. The Bertz CT molecular complexity index is 2470. The van der Waals surface area contributed by atoms with Crippen LogP contribution in [0.15, 0.2) is 206 Å². The fourth-order valence-corrected chi connectivity index (χ4v) is 6.72. The molecule has 8 aromatic carbocycles. The average Bonchev–Trinajstić information content (AvgIpc) is 3.53. The summed E-state index contributed by atoms with van der Waals surface area (Å²) >= 11 is 0. The molecular formula is C51H43N. The summed E-state index contributed by atoms with van der Waals surface area (Å²) < 4.78 is 2.39. The van der Waals surface area contributed by atoms with Crippen molar-refractivity contribution in [2.24, 2.45) is 0 Å². The number of aromatic nitrogens is 1. The van der Waals surface area contributed by atoms with Gasteiger partial charge in [-0.25, -0.2) is 0 Å². The molecule has 1 heteroatoms. The lowest BCUT2D eigenvalue weighted by Crippen LogP contribution is -1.94. The highest BCUT2D eigenvalue weighted by Crippen LogP contribution is 2.39. The molecule has 0 fully saturated rings. The molecule has 0 spiro atoms. The number of hydrogen-bond acceptors (Lipinski definition) is 0. The number of hydrogen-bond donors (Lipinski definition) is 0. The van der Waals surface area contributed by atoms with Gasteiger partial charge in [0.05, 0.1) is 11.0 Å². The van der Waals surface area contributed by atoms with E-state index in [-0.39, 0.29) is 0 Å². The third-order valence-electron chi connectivity index (χ3n) is 9.34. The van der Waals surface area contributed by atoms with Crippen molar-refractivity contribution in [2.75, 3.05) is 0 Å². The standard InChI is InChI=1S/C37H27N.2C7H8/c1-26-11-10-14-29(23-26)32-21-19-28(27-12-4-2-5-13-27)24-35(32)30-20-22-34-33-17-8-9-18-36(33)38(37(34)25-30)31-15-6-3-7-16-31;2*1-7-5-3-2-4-6-7/h2-25H,1H3;2*2-6H,1H3. The van der Waals surface area contributed by atoms with Crippen LogP contribution in [0.1, 0.15) is 16.7 Å². The molecule has 0 saturated carbocycles. The number of rotatable bonds is 4. The molecule has 52 heavy (non-hydrogen) atoms. The lowest BCUT2D eigenvalue weighted by Gasteiger charge is -2.15. The Balaban J connectivity index is 0.000000250. The summed E-state index contributed by atoms with van der Waals surface area (Å²) in [5.74, 6) is 0. The van der Waals surface area contributed by atoms with Gasteiger partial charge < -0.3 is 4.57 Å². The van der Waals surface area contributed by atoms with Crippen LogP contribution in [0.3, 0.4) is 0 Å². The molecule has 0 atom stereocenters. The van der Waals surface area contributed by atoms with Gasteiger partial charge in [-0.3, -0.25) is 0 Å². The predicted molar refractivity (Wildman–Crippen MR) is 224 cm³/mol. The quantitative estimate of drug-likeness (QED) is 0.176. The summed E-state index contributed by atoms with van der Waals surface area (Å²) in [6.07, 6.45) is 0. The van der Waals surface area contributed by atoms with Gasteiger partial charge in [0.2, 0.25) is 0 Å². The number of fused-ring (bicyclic) bond motifs is 3. The average molecular weight is 670 g/mol. The molecule has 1 aromatic heterocycles. The van der Waals surface area contributed by atoms with Gasteiger partial charge in [-0.05, 0) is 84.5 Å². The van der Waals surface area contributed by atoms with Crippen LogP contribution in [0.2, 0.25) is 0 Å². The minimum atomic E-state index is 1.17. The maximum absolute atomic E-state index is 2.39. The summed E-state index contributed by atoms with van der Waals surface area (Å²) in [6.45, 7) is 6.33. The second kappa shape index (κ2) is 16.1. The van der Waals surface area contributed by atoms with Crippen LogP contribution in [0.5, 0.6) is 0 Å². The number of para-hydroxylation sites is 2. The zero-order valence-corrected chi connectivity index (χ0v) is 30.1. The van der Waals surface area contributed by atoms with Crippen LogP contribution >= 0.6 is 0 Å². The highest BCUT2D eigenvalue weighted by Gasteiger charge is 2.15. The van der Waals surface area contributed by atoms with Gasteiger partial charge in [0, 0.05) is 16.5 Å². The Morgan fingerprint density at radius 1 is 0.288 bits per heavy atom. The van der Waals surface area contributed by atoms with Crippen LogP contribution in [-0.2, 0) is 0 Å². The molecule has 0 aliphatic heterocycles. The van der Waals surface area contributed by atoms with E-state index in [1.54, 1.807) is 0 Å². The van der Waals surface area contributed by atoms with Crippen molar-refractivity contribution in [3.8, 4) is 39.1 Å². The van der Waals surface area contributed by atoms with E-state index in [0.717, 1.165) is 0 Å². The van der Waals surface area contributed by atoms with Crippen molar-refractivity contribution < 1.29 is 0 Å². The Labute approximate surface area is 308 Å². The largest absolute Gasteiger partial charge is 0.309 e. The van der Waals surface area contributed by atoms with Crippen LogP contribution in [0, 0.1) is 20.8 Å². The molecule has 0 N–H and O–H groups in total. The molecular weight excluding hydrogens is 627 g/mol. The van der Waals surface area contributed by atoms with Gasteiger partial charge in [0.1, 0.15) is 0 Å². The second-order valence-electron chi connectivity index (χ2n) is 13.2. The highest BCUT2D eigenvalue weighted by atomic mass is 15.0. The molecule has 0 amide bonds. The molecule has 0 aliphatic carbocycles. The van der Waals surface area contributed by atoms with E-state index in [9.17, 15) is 0 Å².